The van der Waals surface area contributed by atoms with Crippen LogP contribution in [-0.2, 0) is 19.1 Å². The van der Waals surface area contributed by atoms with Crippen LogP contribution in [0.3, 0.4) is 0 Å². The van der Waals surface area contributed by atoms with Gasteiger partial charge >= 0.3 is 11.9 Å². The zero-order valence-corrected chi connectivity index (χ0v) is 18.8. The Morgan fingerprint density at radius 1 is 0.679 bits per heavy atom. The molecule has 0 aromatic rings. The molecule has 1 saturated carbocycles. The molecule has 0 aromatic heterocycles. The quantitative estimate of drug-likeness (QED) is 0.310. The van der Waals surface area contributed by atoms with Crippen LogP contribution >= 0.6 is 0 Å². The number of ether oxygens (including phenoxy) is 2. The van der Waals surface area contributed by atoms with Gasteiger partial charge < -0.3 is 9.47 Å². The molecule has 0 bridgehead atoms. The third-order valence-corrected chi connectivity index (χ3v) is 5.92. The van der Waals surface area contributed by atoms with Gasteiger partial charge in [0.2, 0.25) is 0 Å². The topological polar surface area (TPSA) is 52.6 Å². The lowest BCUT2D eigenvalue weighted by molar-refractivity contribution is -0.169. The number of rotatable bonds is 14. The minimum absolute atomic E-state index is 0.00607. The van der Waals surface area contributed by atoms with Crippen molar-refractivity contribution in [2.75, 3.05) is 0 Å². The summed E-state index contributed by atoms with van der Waals surface area (Å²) in [5, 5.41) is 0. The Morgan fingerprint density at radius 3 is 1.39 bits per heavy atom. The molecule has 0 aliphatic heterocycles. The zero-order chi connectivity index (χ0) is 20.8. The Bertz CT molecular complexity index is 394. The molecule has 0 N–H and O–H groups in total. The summed E-state index contributed by atoms with van der Waals surface area (Å²) in [7, 11) is 0. The van der Waals surface area contributed by atoms with Gasteiger partial charge in [0.15, 0.2) is 0 Å². The SMILES string of the molecule is CCCCC(CCC)OC(=O)C1CCCCC1C(=O)OC(CCC)CCCC. The highest BCUT2D eigenvalue weighted by Crippen LogP contribution is 2.33. The molecule has 4 nitrogen and oxygen atoms in total. The average molecular weight is 397 g/mol. The molecule has 0 aromatic carbocycles. The summed E-state index contributed by atoms with van der Waals surface area (Å²) in [6.45, 7) is 8.56. The number of carbonyl (C=O) groups excluding carboxylic acids is 2. The maximum Gasteiger partial charge on any atom is 0.310 e. The van der Waals surface area contributed by atoms with E-state index in [0.29, 0.717) is 0 Å². The summed E-state index contributed by atoms with van der Waals surface area (Å²) in [6, 6.07) is 0. The molecule has 0 radical (unpaired) electrons. The molecule has 1 rings (SSSR count). The summed E-state index contributed by atoms with van der Waals surface area (Å²) < 4.78 is 11.8. The van der Waals surface area contributed by atoms with Gasteiger partial charge in [0.1, 0.15) is 12.2 Å². The van der Waals surface area contributed by atoms with Gasteiger partial charge in [-0.25, -0.2) is 0 Å². The van der Waals surface area contributed by atoms with Crippen molar-refractivity contribution in [2.24, 2.45) is 11.8 Å². The van der Waals surface area contributed by atoms with Gasteiger partial charge in [-0.1, -0.05) is 79.1 Å². The van der Waals surface area contributed by atoms with E-state index in [-0.39, 0.29) is 36.0 Å². The van der Waals surface area contributed by atoms with Gasteiger partial charge in [-0.15, -0.1) is 0 Å². The van der Waals surface area contributed by atoms with E-state index in [1.807, 2.05) is 0 Å². The Kier molecular flexibility index (Phi) is 13.3. The van der Waals surface area contributed by atoms with E-state index in [9.17, 15) is 9.59 Å². The fourth-order valence-electron chi connectivity index (χ4n) is 4.23. The normalized spacial score (nSPS) is 21.7. The molecular weight excluding hydrogens is 352 g/mol. The van der Waals surface area contributed by atoms with Crippen LogP contribution in [0.25, 0.3) is 0 Å². The summed E-state index contributed by atoms with van der Waals surface area (Å²) in [5.41, 5.74) is 0. The highest BCUT2D eigenvalue weighted by atomic mass is 16.6. The van der Waals surface area contributed by atoms with Crippen LogP contribution in [0.1, 0.15) is 118 Å². The molecule has 4 unspecified atom stereocenters. The van der Waals surface area contributed by atoms with E-state index < -0.39 is 0 Å². The largest absolute Gasteiger partial charge is 0.462 e. The maximum absolute atomic E-state index is 12.9. The van der Waals surface area contributed by atoms with Crippen molar-refractivity contribution in [2.45, 2.75) is 130 Å². The Morgan fingerprint density at radius 2 is 1.07 bits per heavy atom. The van der Waals surface area contributed by atoms with Crippen LogP contribution in [-0.4, -0.2) is 24.1 Å². The molecule has 0 heterocycles. The van der Waals surface area contributed by atoms with Crippen molar-refractivity contribution in [3.8, 4) is 0 Å². The fraction of sp³-hybridized carbons (Fsp3) is 0.917. The van der Waals surface area contributed by atoms with Gasteiger partial charge in [0.05, 0.1) is 11.8 Å². The van der Waals surface area contributed by atoms with Crippen LogP contribution in [0.5, 0.6) is 0 Å². The lowest BCUT2D eigenvalue weighted by atomic mass is 9.79. The van der Waals surface area contributed by atoms with Gasteiger partial charge in [-0.3, -0.25) is 9.59 Å². The van der Waals surface area contributed by atoms with Crippen molar-refractivity contribution in [3.63, 3.8) is 0 Å². The number of hydrogen-bond donors (Lipinski definition) is 0. The monoisotopic (exact) mass is 396 g/mol. The molecule has 4 atom stereocenters. The van der Waals surface area contributed by atoms with Crippen molar-refractivity contribution in [1.82, 2.24) is 0 Å². The van der Waals surface area contributed by atoms with Crippen molar-refractivity contribution in [1.29, 1.82) is 0 Å². The van der Waals surface area contributed by atoms with E-state index in [0.717, 1.165) is 89.9 Å². The molecule has 0 amide bonds. The molecule has 1 aliphatic carbocycles. The molecule has 1 aliphatic rings. The highest BCUT2D eigenvalue weighted by Gasteiger charge is 2.39. The zero-order valence-electron chi connectivity index (χ0n) is 18.8. The Hall–Kier alpha value is -1.06. The summed E-state index contributed by atoms with van der Waals surface area (Å²) in [5.74, 6) is -0.986. The molecule has 1 fully saturated rings. The van der Waals surface area contributed by atoms with E-state index in [1.165, 1.54) is 0 Å². The lowest BCUT2D eigenvalue weighted by Gasteiger charge is -2.31. The minimum atomic E-state index is -0.323. The predicted octanol–water partition coefficient (Wildman–Crippen LogP) is 6.60. The predicted molar refractivity (Wildman–Crippen MR) is 114 cm³/mol. The Labute approximate surface area is 173 Å². The van der Waals surface area contributed by atoms with Gasteiger partial charge in [0, 0.05) is 0 Å². The smallest absolute Gasteiger partial charge is 0.310 e. The molecule has 28 heavy (non-hydrogen) atoms. The van der Waals surface area contributed by atoms with Crippen LogP contribution in [0.15, 0.2) is 0 Å². The molecule has 0 spiro atoms. The highest BCUT2D eigenvalue weighted by molar-refractivity contribution is 5.82. The summed E-state index contributed by atoms with van der Waals surface area (Å²) in [6.07, 6.45) is 13.5. The van der Waals surface area contributed by atoms with Crippen LogP contribution < -0.4 is 0 Å². The van der Waals surface area contributed by atoms with E-state index in [4.69, 9.17) is 9.47 Å². The first-order chi connectivity index (χ1) is 13.6. The van der Waals surface area contributed by atoms with Crippen molar-refractivity contribution >= 4 is 11.9 Å². The third-order valence-electron chi connectivity index (χ3n) is 5.92. The second-order valence-electron chi connectivity index (χ2n) is 8.48. The van der Waals surface area contributed by atoms with Crippen LogP contribution in [0.2, 0.25) is 0 Å². The standard InChI is InChI=1S/C24H44O4/c1-5-9-15-19(13-7-3)27-23(25)21-17-11-12-18-22(21)24(26)28-20(14-8-4)16-10-6-2/h19-22H,5-18H2,1-4H3. The summed E-state index contributed by atoms with van der Waals surface area (Å²) in [4.78, 5) is 25.8. The van der Waals surface area contributed by atoms with E-state index in [1.54, 1.807) is 0 Å². The molecule has 4 heteroatoms. The Balaban J connectivity index is 2.71. The molecule has 164 valence electrons. The van der Waals surface area contributed by atoms with Crippen molar-refractivity contribution < 1.29 is 19.1 Å². The van der Waals surface area contributed by atoms with E-state index >= 15 is 0 Å². The van der Waals surface area contributed by atoms with Crippen molar-refractivity contribution in [3.05, 3.63) is 0 Å². The van der Waals surface area contributed by atoms with Crippen LogP contribution in [0.4, 0.5) is 0 Å². The third kappa shape index (κ3) is 8.96. The number of carbonyl (C=O) groups is 2. The second-order valence-corrected chi connectivity index (χ2v) is 8.48. The molecule has 0 saturated heterocycles. The van der Waals surface area contributed by atoms with E-state index in [2.05, 4.69) is 27.7 Å². The number of unbranched alkanes of at least 4 members (excludes halogenated alkanes) is 2. The summed E-state index contributed by atoms with van der Waals surface area (Å²) >= 11 is 0. The van der Waals surface area contributed by atoms with Gasteiger partial charge in [-0.2, -0.15) is 0 Å². The number of hydrogen-bond acceptors (Lipinski definition) is 4. The lowest BCUT2D eigenvalue weighted by Crippen LogP contribution is -2.37. The fourth-order valence-corrected chi connectivity index (χ4v) is 4.23. The van der Waals surface area contributed by atoms with Crippen LogP contribution in [0, 0.1) is 11.8 Å². The first-order valence-electron chi connectivity index (χ1n) is 12.0. The van der Waals surface area contributed by atoms with Gasteiger partial charge in [-0.05, 0) is 38.5 Å². The maximum atomic E-state index is 12.9. The molecular formula is C24H44O4. The first-order valence-corrected chi connectivity index (χ1v) is 12.0. The van der Waals surface area contributed by atoms with Gasteiger partial charge in [0.25, 0.3) is 0 Å². The first kappa shape index (κ1) is 25.0. The minimum Gasteiger partial charge on any atom is -0.462 e. The second kappa shape index (κ2) is 14.9. The number of esters is 2. The average Bonchev–Trinajstić information content (AvgIpc) is 2.70.